The Morgan fingerprint density at radius 2 is 1.84 bits per heavy atom. The topological polar surface area (TPSA) is 35.2 Å². The van der Waals surface area contributed by atoms with Crippen LogP contribution in [-0.4, -0.2) is 0 Å². The Labute approximate surface area is 120 Å². The molecule has 4 heteroatoms. The summed E-state index contributed by atoms with van der Waals surface area (Å²) in [6, 6.07) is 10.8. The van der Waals surface area contributed by atoms with E-state index in [1.54, 1.807) is 6.07 Å². The highest BCUT2D eigenvalue weighted by molar-refractivity contribution is 9.10. The summed E-state index contributed by atoms with van der Waals surface area (Å²) >= 11 is 3.23. The molecule has 2 aromatic rings. The molecule has 0 bridgehead atoms. The van der Waals surface area contributed by atoms with E-state index >= 15 is 0 Å². The predicted octanol–water partition coefficient (Wildman–Crippen LogP) is 3.93. The molecule has 0 unspecified atom stereocenters. The molecular weight excluding hydrogens is 309 g/mol. The van der Waals surface area contributed by atoms with Crippen LogP contribution in [-0.2, 0) is 13.2 Å². The first-order valence-corrected chi connectivity index (χ1v) is 6.77. The van der Waals surface area contributed by atoms with Crippen molar-refractivity contribution in [3.05, 3.63) is 63.4 Å². The second-order valence-corrected chi connectivity index (χ2v) is 5.06. The zero-order chi connectivity index (χ0) is 13.8. The molecule has 2 aromatic carbocycles. The first-order valence-electron chi connectivity index (χ1n) is 5.97. The highest BCUT2D eigenvalue weighted by Gasteiger charge is 2.09. The predicted molar refractivity (Wildman–Crippen MR) is 77.5 cm³/mol. The van der Waals surface area contributed by atoms with Crippen LogP contribution in [0.5, 0.6) is 5.75 Å². The number of halogens is 2. The molecule has 0 heterocycles. The van der Waals surface area contributed by atoms with Crippen molar-refractivity contribution < 1.29 is 9.13 Å². The Morgan fingerprint density at radius 1 is 1.16 bits per heavy atom. The summed E-state index contributed by atoms with van der Waals surface area (Å²) in [4.78, 5) is 0. The largest absolute Gasteiger partial charge is 0.488 e. The Morgan fingerprint density at radius 3 is 2.58 bits per heavy atom. The maximum atomic E-state index is 13.4. The van der Waals surface area contributed by atoms with Gasteiger partial charge in [0.1, 0.15) is 18.2 Å². The van der Waals surface area contributed by atoms with Gasteiger partial charge in [0, 0.05) is 17.7 Å². The SMILES string of the molecule is Cc1cccc(CN)c1OCc1cccc(F)c1Br. The highest BCUT2D eigenvalue weighted by Crippen LogP contribution is 2.26. The van der Waals surface area contributed by atoms with E-state index in [1.807, 2.05) is 31.2 Å². The van der Waals surface area contributed by atoms with Crippen LogP contribution in [0.3, 0.4) is 0 Å². The molecule has 0 atom stereocenters. The van der Waals surface area contributed by atoms with Gasteiger partial charge in [-0.05, 0) is 34.5 Å². The molecule has 0 amide bonds. The molecule has 0 saturated heterocycles. The number of para-hydroxylation sites is 1. The first-order chi connectivity index (χ1) is 9.13. The number of hydrogen-bond acceptors (Lipinski definition) is 2. The molecule has 0 saturated carbocycles. The van der Waals surface area contributed by atoms with E-state index < -0.39 is 0 Å². The van der Waals surface area contributed by atoms with Crippen LogP contribution in [0.15, 0.2) is 40.9 Å². The van der Waals surface area contributed by atoms with Crippen molar-refractivity contribution in [3.8, 4) is 5.75 Å². The van der Waals surface area contributed by atoms with Crippen molar-refractivity contribution >= 4 is 15.9 Å². The Hall–Kier alpha value is -1.39. The van der Waals surface area contributed by atoms with Crippen LogP contribution in [0.2, 0.25) is 0 Å². The number of rotatable bonds is 4. The lowest BCUT2D eigenvalue weighted by molar-refractivity contribution is 0.299. The van der Waals surface area contributed by atoms with Crippen molar-refractivity contribution in [1.82, 2.24) is 0 Å². The maximum absolute atomic E-state index is 13.4. The molecule has 0 radical (unpaired) electrons. The number of benzene rings is 2. The molecular formula is C15H15BrFNO. The molecule has 2 nitrogen and oxygen atoms in total. The van der Waals surface area contributed by atoms with E-state index in [4.69, 9.17) is 10.5 Å². The van der Waals surface area contributed by atoms with Gasteiger partial charge in [-0.25, -0.2) is 4.39 Å². The molecule has 0 spiro atoms. The Bertz CT molecular complexity index is 586. The smallest absolute Gasteiger partial charge is 0.137 e. The van der Waals surface area contributed by atoms with E-state index in [2.05, 4.69) is 15.9 Å². The van der Waals surface area contributed by atoms with Crippen molar-refractivity contribution in [2.24, 2.45) is 5.73 Å². The molecule has 19 heavy (non-hydrogen) atoms. The monoisotopic (exact) mass is 323 g/mol. The van der Waals surface area contributed by atoms with Gasteiger partial charge in [-0.3, -0.25) is 0 Å². The van der Waals surface area contributed by atoms with Crippen molar-refractivity contribution in [2.45, 2.75) is 20.1 Å². The number of aryl methyl sites for hydroxylation is 1. The lowest BCUT2D eigenvalue weighted by Gasteiger charge is -2.14. The fraction of sp³-hybridized carbons (Fsp3) is 0.200. The van der Waals surface area contributed by atoms with Gasteiger partial charge in [-0.15, -0.1) is 0 Å². The molecule has 0 aliphatic rings. The molecule has 2 N–H and O–H groups in total. The molecule has 0 aliphatic carbocycles. The number of hydrogen-bond donors (Lipinski definition) is 1. The minimum Gasteiger partial charge on any atom is -0.488 e. The van der Waals surface area contributed by atoms with Crippen LogP contribution < -0.4 is 10.5 Å². The zero-order valence-electron chi connectivity index (χ0n) is 10.6. The van der Waals surface area contributed by atoms with Gasteiger partial charge in [0.05, 0.1) is 4.47 Å². The third-order valence-electron chi connectivity index (χ3n) is 2.92. The second kappa shape index (κ2) is 6.17. The van der Waals surface area contributed by atoms with Crippen LogP contribution in [0.1, 0.15) is 16.7 Å². The maximum Gasteiger partial charge on any atom is 0.137 e. The normalized spacial score (nSPS) is 10.5. The summed E-state index contributed by atoms with van der Waals surface area (Å²) in [6.45, 7) is 2.69. The fourth-order valence-electron chi connectivity index (χ4n) is 1.89. The van der Waals surface area contributed by atoms with Crippen molar-refractivity contribution in [3.63, 3.8) is 0 Å². The minimum atomic E-state index is -0.287. The van der Waals surface area contributed by atoms with Gasteiger partial charge in [0.25, 0.3) is 0 Å². The fourth-order valence-corrected chi connectivity index (χ4v) is 2.27. The lowest BCUT2D eigenvalue weighted by atomic mass is 10.1. The van der Waals surface area contributed by atoms with Crippen LogP contribution >= 0.6 is 15.9 Å². The van der Waals surface area contributed by atoms with E-state index in [1.165, 1.54) is 6.07 Å². The molecule has 2 rings (SSSR count). The van der Waals surface area contributed by atoms with Gasteiger partial charge in [0.15, 0.2) is 0 Å². The summed E-state index contributed by atoms with van der Waals surface area (Å²) in [7, 11) is 0. The first kappa shape index (κ1) is 14.0. The van der Waals surface area contributed by atoms with Crippen LogP contribution in [0.4, 0.5) is 4.39 Å². The van der Waals surface area contributed by atoms with Crippen LogP contribution in [0.25, 0.3) is 0 Å². The quantitative estimate of drug-likeness (QED) is 0.925. The van der Waals surface area contributed by atoms with E-state index in [-0.39, 0.29) is 5.82 Å². The standard InChI is InChI=1S/C15H15BrFNO/c1-10-4-2-5-11(8-18)15(10)19-9-12-6-3-7-13(17)14(12)16/h2-7H,8-9,18H2,1H3. The minimum absolute atomic E-state index is 0.287. The highest BCUT2D eigenvalue weighted by atomic mass is 79.9. The number of nitrogens with two attached hydrogens (primary N) is 1. The second-order valence-electron chi connectivity index (χ2n) is 4.27. The number of ether oxygens (including phenoxy) is 1. The van der Waals surface area contributed by atoms with Crippen molar-refractivity contribution in [1.29, 1.82) is 0 Å². The summed E-state index contributed by atoms with van der Waals surface area (Å²) in [5, 5.41) is 0. The molecule has 0 aliphatic heterocycles. The third kappa shape index (κ3) is 3.14. The summed E-state index contributed by atoms with van der Waals surface area (Å²) < 4.78 is 19.7. The average molecular weight is 324 g/mol. The van der Waals surface area contributed by atoms with E-state index in [9.17, 15) is 4.39 Å². The van der Waals surface area contributed by atoms with Gasteiger partial charge >= 0.3 is 0 Å². The van der Waals surface area contributed by atoms with Gasteiger partial charge < -0.3 is 10.5 Å². The Balaban J connectivity index is 2.21. The zero-order valence-corrected chi connectivity index (χ0v) is 12.2. The Kier molecular flexibility index (Phi) is 4.56. The average Bonchev–Trinajstić information content (AvgIpc) is 2.41. The summed E-state index contributed by atoms with van der Waals surface area (Å²) in [5.74, 6) is 0.492. The summed E-state index contributed by atoms with van der Waals surface area (Å²) in [6.07, 6.45) is 0. The third-order valence-corrected chi connectivity index (χ3v) is 3.81. The molecule has 0 aromatic heterocycles. The van der Waals surface area contributed by atoms with Gasteiger partial charge in [-0.1, -0.05) is 30.3 Å². The molecule has 100 valence electrons. The molecule has 0 fully saturated rings. The van der Waals surface area contributed by atoms with E-state index in [0.717, 1.165) is 22.4 Å². The van der Waals surface area contributed by atoms with Crippen molar-refractivity contribution in [2.75, 3.05) is 0 Å². The van der Waals surface area contributed by atoms with E-state index in [0.29, 0.717) is 17.6 Å². The van der Waals surface area contributed by atoms with Crippen LogP contribution in [0, 0.1) is 12.7 Å². The lowest BCUT2D eigenvalue weighted by Crippen LogP contribution is -2.05. The summed E-state index contributed by atoms with van der Waals surface area (Å²) in [5.41, 5.74) is 8.44. The van der Waals surface area contributed by atoms with Gasteiger partial charge in [0.2, 0.25) is 0 Å². The van der Waals surface area contributed by atoms with Gasteiger partial charge in [-0.2, -0.15) is 0 Å².